The number of amides is 1. The van der Waals surface area contributed by atoms with Crippen molar-refractivity contribution in [3.05, 3.63) is 100 Å². The molecule has 0 radical (unpaired) electrons. The van der Waals surface area contributed by atoms with Crippen LogP contribution in [0.3, 0.4) is 0 Å². The van der Waals surface area contributed by atoms with Gasteiger partial charge in [-0.3, -0.25) is 14.9 Å². The minimum absolute atomic E-state index is 0.233. The number of carbonyl (C=O) groups excluding carboxylic acids is 1. The summed E-state index contributed by atoms with van der Waals surface area (Å²) in [6.07, 6.45) is 9.86. The monoisotopic (exact) mass is 472 g/mol. The number of halogens is 1. The molecule has 1 aliphatic carbocycles. The summed E-state index contributed by atoms with van der Waals surface area (Å²) in [4.78, 5) is 20.5. The number of hydroxylamine groups is 1. The normalized spacial score (nSPS) is 15.4. The Morgan fingerprint density at radius 1 is 1.23 bits per heavy atom. The minimum atomic E-state index is -0.545. The summed E-state index contributed by atoms with van der Waals surface area (Å²) >= 11 is 0. The van der Waals surface area contributed by atoms with Crippen molar-refractivity contribution in [2.24, 2.45) is 0 Å². The van der Waals surface area contributed by atoms with Gasteiger partial charge >= 0.3 is 0 Å². The number of benzene rings is 2. The molecule has 6 nitrogen and oxygen atoms in total. The van der Waals surface area contributed by atoms with E-state index < -0.39 is 5.91 Å². The van der Waals surface area contributed by atoms with E-state index in [4.69, 9.17) is 5.21 Å². The Balaban J connectivity index is 1.39. The van der Waals surface area contributed by atoms with E-state index in [1.165, 1.54) is 40.1 Å². The lowest BCUT2D eigenvalue weighted by Gasteiger charge is -2.30. The first-order valence-electron chi connectivity index (χ1n) is 11.9. The summed E-state index contributed by atoms with van der Waals surface area (Å²) in [7, 11) is 0. The molecule has 2 aromatic heterocycles. The number of aromatic nitrogens is 2. The Bertz CT molecular complexity index is 1390. The van der Waals surface area contributed by atoms with E-state index >= 15 is 0 Å². The van der Waals surface area contributed by atoms with E-state index in [1.54, 1.807) is 17.6 Å². The van der Waals surface area contributed by atoms with E-state index in [9.17, 15) is 9.18 Å². The van der Waals surface area contributed by atoms with Crippen LogP contribution in [0.1, 0.15) is 46.0 Å². The zero-order valence-corrected chi connectivity index (χ0v) is 19.6. The molecular formula is C28H29FN4O2. The number of fused-ring (bicyclic) bond motifs is 2. The van der Waals surface area contributed by atoms with Crippen LogP contribution in [-0.4, -0.2) is 32.5 Å². The maximum atomic E-state index is 13.6. The average molecular weight is 473 g/mol. The summed E-state index contributed by atoms with van der Waals surface area (Å²) in [5.41, 5.74) is 9.64. The van der Waals surface area contributed by atoms with Crippen molar-refractivity contribution in [3.63, 3.8) is 0 Å². The number of hydrogen-bond donors (Lipinski definition) is 4. The van der Waals surface area contributed by atoms with Crippen LogP contribution in [0.4, 0.5) is 4.39 Å². The summed E-state index contributed by atoms with van der Waals surface area (Å²) in [6.45, 7) is 3.81. The second-order valence-corrected chi connectivity index (χ2v) is 9.19. The molecule has 2 aromatic carbocycles. The van der Waals surface area contributed by atoms with E-state index in [2.05, 4.69) is 40.0 Å². The third-order valence-corrected chi connectivity index (χ3v) is 7.02. The maximum Gasteiger partial charge on any atom is 0.267 e. The standard InChI is InChI=1S/C28H29FN4O2/c1-18-10-12-30-26(18)17-33(13-11-21-16-31-25-15-22(29)5-7-23(21)25)27-8-4-20-14-19(2-6-24(20)27)3-9-28(34)32-35/h2-3,5-7,9-10,12,14-16,27,30-31,35H,4,8,11,13,17H2,1H3,(H,32,34). The van der Waals surface area contributed by atoms with Crippen LogP contribution >= 0.6 is 0 Å². The fourth-order valence-corrected chi connectivity index (χ4v) is 5.14. The lowest BCUT2D eigenvalue weighted by Crippen LogP contribution is -2.29. The molecule has 0 aliphatic heterocycles. The highest BCUT2D eigenvalue weighted by molar-refractivity contribution is 5.90. The largest absolute Gasteiger partial charge is 0.364 e. The third kappa shape index (κ3) is 4.92. The Hall–Kier alpha value is -3.68. The number of H-pyrrole nitrogens is 2. The molecule has 1 aliphatic rings. The van der Waals surface area contributed by atoms with E-state index in [1.807, 2.05) is 24.5 Å². The van der Waals surface area contributed by atoms with Crippen LogP contribution in [0.2, 0.25) is 0 Å². The van der Waals surface area contributed by atoms with Crippen LogP contribution in [-0.2, 0) is 24.2 Å². The van der Waals surface area contributed by atoms with Gasteiger partial charge in [0, 0.05) is 54.2 Å². The highest BCUT2D eigenvalue weighted by Gasteiger charge is 2.28. The molecule has 7 heteroatoms. The fraction of sp³-hybridized carbons (Fsp3) is 0.250. The molecular weight excluding hydrogens is 443 g/mol. The zero-order chi connectivity index (χ0) is 24.4. The Kier molecular flexibility index (Phi) is 6.53. The number of nitrogens with zero attached hydrogens (tertiary/aromatic N) is 1. The first kappa shape index (κ1) is 23.1. The average Bonchev–Trinajstić information content (AvgIpc) is 3.58. The summed E-state index contributed by atoms with van der Waals surface area (Å²) in [6, 6.07) is 13.6. The number of rotatable bonds is 8. The highest BCUT2D eigenvalue weighted by atomic mass is 19.1. The molecule has 0 saturated heterocycles. The predicted molar refractivity (Wildman–Crippen MR) is 134 cm³/mol. The van der Waals surface area contributed by atoms with Crippen LogP contribution in [0, 0.1) is 12.7 Å². The lowest BCUT2D eigenvalue weighted by molar-refractivity contribution is -0.124. The van der Waals surface area contributed by atoms with Crippen molar-refractivity contribution >= 4 is 22.9 Å². The van der Waals surface area contributed by atoms with Gasteiger partial charge in [-0.25, -0.2) is 9.87 Å². The second kappa shape index (κ2) is 9.90. The molecule has 35 heavy (non-hydrogen) atoms. The van der Waals surface area contributed by atoms with Crippen molar-refractivity contribution < 1.29 is 14.4 Å². The van der Waals surface area contributed by atoms with Crippen LogP contribution in [0.5, 0.6) is 0 Å². The van der Waals surface area contributed by atoms with Gasteiger partial charge in [0.15, 0.2) is 0 Å². The number of aryl methyl sites for hydroxylation is 2. The number of nitrogens with one attached hydrogen (secondary N) is 3. The molecule has 4 aromatic rings. The lowest BCUT2D eigenvalue weighted by atomic mass is 10.0. The molecule has 5 rings (SSSR count). The van der Waals surface area contributed by atoms with Crippen LogP contribution < -0.4 is 5.48 Å². The highest BCUT2D eigenvalue weighted by Crippen LogP contribution is 2.37. The van der Waals surface area contributed by atoms with Crippen molar-refractivity contribution in [2.75, 3.05) is 6.54 Å². The number of aromatic amines is 2. The van der Waals surface area contributed by atoms with Crippen molar-refractivity contribution in [2.45, 2.75) is 38.8 Å². The van der Waals surface area contributed by atoms with Gasteiger partial charge in [-0.1, -0.05) is 18.2 Å². The molecule has 0 fully saturated rings. The first-order chi connectivity index (χ1) is 17.0. The topological polar surface area (TPSA) is 84.2 Å². The molecule has 1 unspecified atom stereocenters. The number of hydrogen-bond acceptors (Lipinski definition) is 3. The van der Waals surface area contributed by atoms with Gasteiger partial charge in [-0.2, -0.15) is 0 Å². The Morgan fingerprint density at radius 2 is 2.11 bits per heavy atom. The zero-order valence-electron chi connectivity index (χ0n) is 19.6. The van der Waals surface area contributed by atoms with Crippen molar-refractivity contribution in [3.8, 4) is 0 Å². The smallest absolute Gasteiger partial charge is 0.267 e. The summed E-state index contributed by atoms with van der Waals surface area (Å²) < 4.78 is 13.6. The molecule has 1 atom stereocenters. The van der Waals surface area contributed by atoms with Gasteiger partial charge in [0.2, 0.25) is 0 Å². The van der Waals surface area contributed by atoms with Gasteiger partial charge in [0.25, 0.3) is 5.91 Å². The quantitative estimate of drug-likeness (QED) is 0.162. The van der Waals surface area contributed by atoms with Gasteiger partial charge in [0.1, 0.15) is 5.82 Å². The van der Waals surface area contributed by atoms with Crippen LogP contribution in [0.25, 0.3) is 17.0 Å². The number of carbonyl (C=O) groups is 1. The maximum absolute atomic E-state index is 13.6. The Morgan fingerprint density at radius 3 is 2.91 bits per heavy atom. The molecule has 0 saturated carbocycles. The first-order valence-corrected chi connectivity index (χ1v) is 11.9. The Labute approximate surface area is 203 Å². The molecule has 0 bridgehead atoms. The van der Waals surface area contributed by atoms with Gasteiger partial charge < -0.3 is 9.97 Å². The predicted octanol–water partition coefficient (Wildman–Crippen LogP) is 5.19. The van der Waals surface area contributed by atoms with E-state index in [0.717, 1.165) is 48.8 Å². The molecule has 4 N–H and O–H groups in total. The second-order valence-electron chi connectivity index (χ2n) is 9.19. The SMILES string of the molecule is Cc1cc[nH]c1CN(CCc1c[nH]c2cc(F)ccc12)C1CCc2cc(C=CC(=O)NO)ccc21. The van der Waals surface area contributed by atoms with E-state index in [-0.39, 0.29) is 11.9 Å². The molecule has 2 heterocycles. The third-order valence-electron chi connectivity index (χ3n) is 7.02. The fourth-order valence-electron chi connectivity index (χ4n) is 5.14. The molecule has 180 valence electrons. The van der Waals surface area contributed by atoms with Crippen LogP contribution in [0.15, 0.2) is 60.9 Å². The van der Waals surface area contributed by atoms with Gasteiger partial charge in [0.05, 0.1) is 0 Å². The van der Waals surface area contributed by atoms with E-state index in [0.29, 0.717) is 0 Å². The summed E-state index contributed by atoms with van der Waals surface area (Å²) in [5, 5.41) is 9.77. The van der Waals surface area contributed by atoms with Crippen molar-refractivity contribution in [1.29, 1.82) is 0 Å². The van der Waals surface area contributed by atoms with Gasteiger partial charge in [-0.15, -0.1) is 0 Å². The van der Waals surface area contributed by atoms with Crippen molar-refractivity contribution in [1.82, 2.24) is 20.3 Å². The summed E-state index contributed by atoms with van der Waals surface area (Å²) in [5.74, 6) is -0.778. The minimum Gasteiger partial charge on any atom is -0.364 e. The van der Waals surface area contributed by atoms with Gasteiger partial charge in [-0.05, 0) is 84.3 Å². The molecule has 1 amide bonds. The molecule has 0 spiro atoms.